The highest BCUT2D eigenvalue weighted by Crippen LogP contribution is 2.18. The van der Waals surface area contributed by atoms with Crippen molar-refractivity contribution in [1.29, 1.82) is 0 Å². The number of nitrogens with two attached hydrogens (primary N) is 2. The number of esters is 3. The third-order valence-corrected chi connectivity index (χ3v) is 5.88. The summed E-state index contributed by atoms with van der Waals surface area (Å²) in [4.78, 5) is 36.5. The van der Waals surface area contributed by atoms with Gasteiger partial charge in [-0.2, -0.15) is 0 Å². The molecule has 0 unspecified atom stereocenters. The van der Waals surface area contributed by atoms with Crippen LogP contribution in [0.3, 0.4) is 0 Å². The van der Waals surface area contributed by atoms with Crippen LogP contribution in [0.4, 0.5) is 11.4 Å². The van der Waals surface area contributed by atoms with E-state index in [2.05, 4.69) is 0 Å². The lowest BCUT2D eigenvalue weighted by Gasteiger charge is -2.07. The van der Waals surface area contributed by atoms with Gasteiger partial charge < -0.3 is 35.2 Å². The van der Waals surface area contributed by atoms with Gasteiger partial charge in [0.1, 0.15) is 18.1 Å². The predicted molar refractivity (Wildman–Crippen MR) is 159 cm³/mol. The summed E-state index contributed by atoms with van der Waals surface area (Å²) in [5, 5.41) is 0. The lowest BCUT2D eigenvalue weighted by Crippen LogP contribution is -2.09. The van der Waals surface area contributed by atoms with Gasteiger partial charge in [-0.1, -0.05) is 12.1 Å². The first-order valence-electron chi connectivity index (χ1n) is 13.6. The number of ether oxygens (including phenoxy) is 5. The van der Waals surface area contributed by atoms with Gasteiger partial charge in [0, 0.05) is 24.6 Å². The maximum atomic E-state index is 12.4. The molecule has 0 fully saturated rings. The summed E-state index contributed by atoms with van der Waals surface area (Å²) < 4.78 is 26.3. The smallest absolute Gasteiger partial charge is 0.343 e. The Hall–Kier alpha value is -4.83. The molecule has 3 aromatic rings. The Labute approximate surface area is 245 Å². The van der Waals surface area contributed by atoms with E-state index in [1.165, 1.54) is 18.2 Å². The third kappa shape index (κ3) is 11.3. The Kier molecular flexibility index (Phi) is 12.9. The van der Waals surface area contributed by atoms with E-state index in [4.69, 9.17) is 35.2 Å². The predicted octanol–water partition coefficient (Wildman–Crippen LogP) is 5.07. The molecular formula is C32H36N2O8. The number of anilines is 2. The number of unbranched alkanes of at least 4 members (excludes halogenated alkanes) is 3. The highest BCUT2D eigenvalue weighted by atomic mass is 16.5. The van der Waals surface area contributed by atoms with Crippen molar-refractivity contribution in [2.75, 3.05) is 45.0 Å². The number of carbonyl (C=O) groups excluding carboxylic acids is 3. The van der Waals surface area contributed by atoms with Crippen LogP contribution in [0, 0.1) is 0 Å². The fraction of sp³-hybridized carbons (Fsp3) is 0.281. The van der Waals surface area contributed by atoms with Gasteiger partial charge in [0.15, 0.2) is 0 Å². The minimum Gasteiger partial charge on any atom is -0.491 e. The van der Waals surface area contributed by atoms with E-state index in [1.807, 2.05) is 0 Å². The normalized spacial score (nSPS) is 10.8. The summed E-state index contributed by atoms with van der Waals surface area (Å²) in [6.45, 7) is 1.47. The van der Waals surface area contributed by atoms with E-state index in [-0.39, 0.29) is 6.61 Å². The molecular weight excluding hydrogens is 540 g/mol. The highest BCUT2D eigenvalue weighted by Gasteiger charge is 2.10. The van der Waals surface area contributed by atoms with Crippen LogP contribution in [0.15, 0.2) is 72.8 Å². The molecule has 0 saturated heterocycles. The molecule has 0 aliphatic rings. The van der Waals surface area contributed by atoms with Crippen molar-refractivity contribution in [3.05, 3.63) is 89.5 Å². The molecule has 0 saturated carbocycles. The quantitative estimate of drug-likeness (QED) is 0.0778. The molecule has 0 aliphatic heterocycles. The number of hydrogen-bond donors (Lipinski definition) is 2. The van der Waals surface area contributed by atoms with Gasteiger partial charge in [0.05, 0.1) is 30.9 Å². The van der Waals surface area contributed by atoms with Crippen molar-refractivity contribution in [2.45, 2.75) is 25.7 Å². The van der Waals surface area contributed by atoms with E-state index < -0.39 is 17.9 Å². The number of benzene rings is 3. The monoisotopic (exact) mass is 576 g/mol. The summed E-state index contributed by atoms with van der Waals surface area (Å²) in [6.07, 6.45) is 6.01. The lowest BCUT2D eigenvalue weighted by atomic mass is 10.2. The highest BCUT2D eigenvalue weighted by molar-refractivity contribution is 5.92. The molecule has 0 aromatic heterocycles. The van der Waals surface area contributed by atoms with Gasteiger partial charge in [-0.05, 0) is 91.9 Å². The standard InChI is InChI=1S/C32H36N2O8/c1-38-18-19-39-28-13-9-24(10-14-28)32(37)42-29-11-6-23(7-12-29)8-15-30(35)40-16-4-2-3-5-17-41-31(36)25-20-26(33)22-27(34)21-25/h6-15,20-22H,2-5,16-19,33-34H2,1H3. The molecule has 0 aliphatic carbocycles. The van der Waals surface area contributed by atoms with Gasteiger partial charge >= 0.3 is 17.9 Å². The van der Waals surface area contributed by atoms with Gasteiger partial charge in [0.2, 0.25) is 0 Å². The van der Waals surface area contributed by atoms with E-state index >= 15 is 0 Å². The summed E-state index contributed by atoms with van der Waals surface area (Å²) in [5.41, 5.74) is 13.7. The van der Waals surface area contributed by atoms with Crippen molar-refractivity contribution in [3.63, 3.8) is 0 Å². The largest absolute Gasteiger partial charge is 0.491 e. The van der Waals surface area contributed by atoms with E-state index in [9.17, 15) is 14.4 Å². The molecule has 0 radical (unpaired) electrons. The molecule has 42 heavy (non-hydrogen) atoms. The van der Waals surface area contributed by atoms with E-state index in [0.717, 1.165) is 18.4 Å². The molecule has 0 amide bonds. The minimum absolute atomic E-state index is 0.284. The molecule has 10 heteroatoms. The number of hydrogen-bond acceptors (Lipinski definition) is 10. The van der Waals surface area contributed by atoms with Crippen molar-refractivity contribution >= 4 is 35.4 Å². The van der Waals surface area contributed by atoms with Crippen molar-refractivity contribution in [1.82, 2.24) is 0 Å². The molecule has 3 rings (SSSR count). The van der Waals surface area contributed by atoms with Gasteiger partial charge in [-0.15, -0.1) is 0 Å². The zero-order valence-electron chi connectivity index (χ0n) is 23.6. The molecule has 10 nitrogen and oxygen atoms in total. The SMILES string of the molecule is COCCOc1ccc(C(=O)Oc2ccc(C=CC(=O)OCCCCCCOC(=O)c3cc(N)cc(N)c3)cc2)cc1. The van der Waals surface area contributed by atoms with Crippen LogP contribution in [0.1, 0.15) is 52.0 Å². The molecule has 4 N–H and O–H groups in total. The number of carbonyl (C=O) groups is 3. The Bertz CT molecular complexity index is 1320. The maximum absolute atomic E-state index is 12.4. The fourth-order valence-electron chi connectivity index (χ4n) is 3.73. The van der Waals surface area contributed by atoms with Crippen LogP contribution in [0.2, 0.25) is 0 Å². The van der Waals surface area contributed by atoms with Crippen LogP contribution < -0.4 is 20.9 Å². The molecule has 0 heterocycles. The fourth-order valence-corrected chi connectivity index (χ4v) is 3.73. The Morgan fingerprint density at radius 1 is 0.667 bits per heavy atom. The number of rotatable bonds is 16. The Morgan fingerprint density at radius 3 is 1.93 bits per heavy atom. The average Bonchev–Trinajstić information content (AvgIpc) is 2.98. The molecule has 0 spiro atoms. The first kappa shape index (κ1) is 31.7. The van der Waals surface area contributed by atoms with Crippen LogP contribution in [0.5, 0.6) is 11.5 Å². The Balaban J connectivity index is 1.28. The zero-order chi connectivity index (χ0) is 30.2. The van der Waals surface area contributed by atoms with Crippen molar-refractivity contribution < 1.29 is 38.1 Å². The third-order valence-electron chi connectivity index (χ3n) is 5.88. The van der Waals surface area contributed by atoms with Crippen molar-refractivity contribution in [2.24, 2.45) is 0 Å². The second-order valence-corrected chi connectivity index (χ2v) is 9.26. The first-order valence-corrected chi connectivity index (χ1v) is 13.6. The van der Waals surface area contributed by atoms with Crippen LogP contribution in [-0.4, -0.2) is 51.4 Å². The molecule has 0 atom stereocenters. The summed E-state index contributed by atoms with van der Waals surface area (Å²) in [6, 6.07) is 18.0. The number of methoxy groups -OCH3 is 1. The maximum Gasteiger partial charge on any atom is 0.343 e. The van der Waals surface area contributed by atoms with Crippen LogP contribution in [0.25, 0.3) is 6.08 Å². The lowest BCUT2D eigenvalue weighted by molar-refractivity contribution is -0.137. The van der Waals surface area contributed by atoms with Gasteiger partial charge in [-0.3, -0.25) is 0 Å². The molecule has 3 aromatic carbocycles. The summed E-state index contributed by atoms with van der Waals surface area (Å²) in [7, 11) is 1.60. The second-order valence-electron chi connectivity index (χ2n) is 9.26. The zero-order valence-corrected chi connectivity index (χ0v) is 23.6. The van der Waals surface area contributed by atoms with E-state index in [1.54, 1.807) is 67.8 Å². The second kappa shape index (κ2) is 17.1. The topological polar surface area (TPSA) is 149 Å². The first-order chi connectivity index (χ1) is 20.3. The van der Waals surface area contributed by atoms with Gasteiger partial charge in [-0.25, -0.2) is 14.4 Å². The van der Waals surface area contributed by atoms with Crippen LogP contribution in [-0.2, 0) is 19.0 Å². The van der Waals surface area contributed by atoms with Gasteiger partial charge in [0.25, 0.3) is 0 Å². The van der Waals surface area contributed by atoms with Crippen molar-refractivity contribution in [3.8, 4) is 11.5 Å². The number of nitrogen functional groups attached to an aromatic ring is 2. The average molecular weight is 577 g/mol. The van der Waals surface area contributed by atoms with Crippen LogP contribution >= 0.6 is 0 Å². The Morgan fingerprint density at radius 2 is 1.29 bits per heavy atom. The minimum atomic E-state index is -0.491. The summed E-state index contributed by atoms with van der Waals surface area (Å²) >= 11 is 0. The van der Waals surface area contributed by atoms with E-state index in [0.29, 0.717) is 66.7 Å². The summed E-state index contributed by atoms with van der Waals surface area (Å²) in [5.74, 6) is -0.387. The molecule has 222 valence electrons. The molecule has 0 bridgehead atoms.